The molecular formula is C8H13N3O2. The van der Waals surface area contributed by atoms with Gasteiger partial charge in [-0.25, -0.2) is 0 Å². The van der Waals surface area contributed by atoms with E-state index in [0.717, 1.165) is 0 Å². The Hall–Kier alpha value is -1.03. The predicted molar refractivity (Wildman–Crippen MR) is 48.0 cm³/mol. The Morgan fingerprint density at radius 3 is 3.08 bits per heavy atom. The summed E-state index contributed by atoms with van der Waals surface area (Å²) in [5.74, 6) is 0. The van der Waals surface area contributed by atoms with Crippen molar-refractivity contribution in [3.8, 4) is 0 Å². The van der Waals surface area contributed by atoms with Crippen molar-refractivity contribution >= 4 is 0 Å². The van der Waals surface area contributed by atoms with Gasteiger partial charge >= 0.3 is 0 Å². The van der Waals surface area contributed by atoms with Crippen LogP contribution in [0.25, 0.3) is 10.4 Å². The van der Waals surface area contributed by atoms with Gasteiger partial charge in [-0.05, 0) is 19.4 Å². The summed E-state index contributed by atoms with van der Waals surface area (Å²) < 4.78 is 10.7. The van der Waals surface area contributed by atoms with Crippen LogP contribution in [0.5, 0.6) is 0 Å². The largest absolute Gasteiger partial charge is 0.349 e. The normalized spacial score (nSPS) is 27.3. The summed E-state index contributed by atoms with van der Waals surface area (Å²) in [5.41, 5.74) is 8.28. The molecule has 1 rings (SSSR count). The minimum absolute atomic E-state index is 0.0629. The molecule has 5 nitrogen and oxygen atoms in total. The van der Waals surface area contributed by atoms with Crippen LogP contribution in [-0.4, -0.2) is 25.0 Å². The van der Waals surface area contributed by atoms with E-state index in [-0.39, 0.29) is 12.1 Å². The lowest BCUT2D eigenvalue weighted by Crippen LogP contribution is -2.33. The summed E-state index contributed by atoms with van der Waals surface area (Å²) in [6.45, 7) is 4.33. The second kappa shape index (κ2) is 4.87. The van der Waals surface area contributed by atoms with Crippen molar-refractivity contribution in [1.29, 1.82) is 0 Å². The van der Waals surface area contributed by atoms with Gasteiger partial charge in [0.15, 0.2) is 6.29 Å². The second-order valence-electron chi connectivity index (χ2n) is 3.01. The van der Waals surface area contributed by atoms with E-state index in [1.807, 2.05) is 19.9 Å². The zero-order chi connectivity index (χ0) is 9.68. The molecule has 1 aliphatic rings. The topological polar surface area (TPSA) is 67.2 Å². The molecule has 2 atom stereocenters. The van der Waals surface area contributed by atoms with Crippen LogP contribution in [0.1, 0.15) is 13.8 Å². The number of nitrogens with zero attached hydrogens (tertiary/aromatic N) is 3. The molecule has 0 unspecified atom stereocenters. The van der Waals surface area contributed by atoms with Gasteiger partial charge in [-0.15, -0.1) is 0 Å². The van der Waals surface area contributed by atoms with Crippen molar-refractivity contribution in [2.24, 2.45) is 5.11 Å². The van der Waals surface area contributed by atoms with Gasteiger partial charge in [-0.2, -0.15) is 0 Å². The maximum absolute atomic E-state index is 8.28. The van der Waals surface area contributed by atoms with E-state index >= 15 is 0 Å². The molecule has 1 heterocycles. The first kappa shape index (κ1) is 10.1. The Morgan fingerprint density at radius 1 is 1.69 bits per heavy atom. The lowest BCUT2D eigenvalue weighted by atomic mass is 10.2. The Labute approximate surface area is 77.0 Å². The lowest BCUT2D eigenvalue weighted by Gasteiger charge is -2.26. The summed E-state index contributed by atoms with van der Waals surface area (Å²) in [6, 6.07) is -0.346. The van der Waals surface area contributed by atoms with E-state index in [0.29, 0.717) is 6.61 Å². The summed E-state index contributed by atoms with van der Waals surface area (Å²) in [7, 11) is 0. The number of hydrogen-bond acceptors (Lipinski definition) is 3. The Kier molecular flexibility index (Phi) is 3.76. The van der Waals surface area contributed by atoms with Gasteiger partial charge in [-0.3, -0.25) is 0 Å². The smallest absolute Gasteiger partial charge is 0.170 e. The molecule has 0 aliphatic carbocycles. The Balaban J connectivity index is 2.59. The van der Waals surface area contributed by atoms with E-state index in [4.69, 9.17) is 15.0 Å². The van der Waals surface area contributed by atoms with E-state index in [2.05, 4.69) is 10.0 Å². The van der Waals surface area contributed by atoms with Crippen molar-refractivity contribution in [1.82, 2.24) is 0 Å². The average molecular weight is 183 g/mol. The fourth-order valence-corrected chi connectivity index (χ4v) is 1.08. The fraction of sp³-hybridized carbons (Fsp3) is 0.750. The molecule has 0 fully saturated rings. The van der Waals surface area contributed by atoms with Gasteiger partial charge in [0.05, 0.1) is 12.7 Å². The van der Waals surface area contributed by atoms with Crippen molar-refractivity contribution in [2.75, 3.05) is 6.61 Å². The van der Waals surface area contributed by atoms with Gasteiger partial charge in [0.25, 0.3) is 0 Å². The van der Waals surface area contributed by atoms with Crippen LogP contribution in [0.3, 0.4) is 0 Å². The lowest BCUT2D eigenvalue weighted by molar-refractivity contribution is -0.165. The van der Waals surface area contributed by atoms with Gasteiger partial charge in [0.2, 0.25) is 0 Å². The fourth-order valence-electron chi connectivity index (χ4n) is 1.08. The minimum Gasteiger partial charge on any atom is -0.349 e. The van der Waals surface area contributed by atoms with Gasteiger partial charge < -0.3 is 9.47 Å². The van der Waals surface area contributed by atoms with E-state index < -0.39 is 6.29 Å². The second-order valence-corrected chi connectivity index (χ2v) is 3.01. The van der Waals surface area contributed by atoms with E-state index in [1.54, 1.807) is 6.08 Å². The molecule has 5 heteroatoms. The molecule has 0 aromatic heterocycles. The standard InChI is InChI=1S/C8H13N3O2/c1-6(2)13-8-7(10-11-9)4-3-5-12-8/h3-4,6-8H,5H2,1-2H3/t7-,8+/m0/s1. The molecule has 13 heavy (non-hydrogen) atoms. The SMILES string of the molecule is CC(C)O[C@H]1OCC=C[C@@H]1N=[N+]=[N-]. The highest BCUT2D eigenvalue weighted by atomic mass is 16.7. The average Bonchev–Trinajstić information content (AvgIpc) is 2.08. The monoisotopic (exact) mass is 183 g/mol. The van der Waals surface area contributed by atoms with E-state index in [1.165, 1.54) is 0 Å². The van der Waals surface area contributed by atoms with Crippen LogP contribution < -0.4 is 0 Å². The van der Waals surface area contributed by atoms with Crippen LogP contribution in [0, 0.1) is 0 Å². The van der Waals surface area contributed by atoms with Crippen molar-refractivity contribution in [2.45, 2.75) is 32.3 Å². The molecule has 0 saturated carbocycles. The molecule has 0 radical (unpaired) electrons. The molecule has 1 aliphatic heterocycles. The number of ether oxygens (including phenoxy) is 2. The quantitative estimate of drug-likeness (QED) is 0.290. The van der Waals surface area contributed by atoms with Gasteiger partial charge in [-0.1, -0.05) is 17.3 Å². The highest BCUT2D eigenvalue weighted by Gasteiger charge is 2.22. The van der Waals surface area contributed by atoms with Crippen molar-refractivity contribution in [3.63, 3.8) is 0 Å². The van der Waals surface area contributed by atoms with Crippen LogP contribution in [0.2, 0.25) is 0 Å². The molecule has 0 bridgehead atoms. The first-order valence-electron chi connectivity index (χ1n) is 4.22. The van der Waals surface area contributed by atoms with Gasteiger partial charge in [0, 0.05) is 4.91 Å². The third-order valence-corrected chi connectivity index (χ3v) is 1.56. The summed E-state index contributed by atoms with van der Waals surface area (Å²) >= 11 is 0. The maximum atomic E-state index is 8.28. The number of rotatable bonds is 3. The molecule has 0 N–H and O–H groups in total. The van der Waals surface area contributed by atoms with Crippen LogP contribution in [-0.2, 0) is 9.47 Å². The zero-order valence-corrected chi connectivity index (χ0v) is 7.75. The van der Waals surface area contributed by atoms with Crippen molar-refractivity contribution in [3.05, 3.63) is 22.6 Å². The molecule has 72 valence electrons. The first-order valence-corrected chi connectivity index (χ1v) is 4.22. The third kappa shape index (κ3) is 3.06. The van der Waals surface area contributed by atoms with Crippen molar-refractivity contribution < 1.29 is 9.47 Å². The summed E-state index contributed by atoms with van der Waals surface area (Å²) in [6.07, 6.45) is 3.24. The molecule has 0 aromatic rings. The molecule has 0 amide bonds. The maximum Gasteiger partial charge on any atom is 0.170 e. The molecule has 0 saturated heterocycles. The summed E-state index contributed by atoms with van der Waals surface area (Å²) in [5, 5.41) is 3.56. The molecule has 0 spiro atoms. The van der Waals surface area contributed by atoms with Gasteiger partial charge in [0.1, 0.15) is 6.04 Å². The van der Waals surface area contributed by atoms with E-state index in [9.17, 15) is 0 Å². The van der Waals surface area contributed by atoms with Crippen LogP contribution in [0.4, 0.5) is 0 Å². The zero-order valence-electron chi connectivity index (χ0n) is 7.75. The van der Waals surface area contributed by atoms with Crippen LogP contribution in [0.15, 0.2) is 17.3 Å². The Bertz CT molecular complexity index is 234. The predicted octanol–water partition coefficient (Wildman–Crippen LogP) is 2.00. The molecule has 0 aromatic carbocycles. The first-order chi connectivity index (χ1) is 6.24. The highest BCUT2D eigenvalue weighted by Crippen LogP contribution is 2.14. The summed E-state index contributed by atoms with van der Waals surface area (Å²) in [4.78, 5) is 2.73. The highest BCUT2D eigenvalue weighted by molar-refractivity contribution is 4.99. The third-order valence-electron chi connectivity index (χ3n) is 1.56. The number of hydrogen-bond donors (Lipinski definition) is 0. The Morgan fingerprint density at radius 2 is 2.46 bits per heavy atom. The minimum atomic E-state index is -0.444. The molecular weight excluding hydrogens is 170 g/mol. The number of azide groups is 1. The van der Waals surface area contributed by atoms with Crippen LogP contribution >= 0.6 is 0 Å².